The van der Waals surface area contributed by atoms with Gasteiger partial charge in [-0.05, 0) is 56.0 Å². The number of benzene rings is 1. The lowest BCUT2D eigenvalue weighted by atomic mass is 9.88. The number of likely N-dealkylation sites (tertiary alicyclic amines) is 1. The van der Waals surface area contributed by atoms with Gasteiger partial charge in [0.15, 0.2) is 23.1 Å². The van der Waals surface area contributed by atoms with Gasteiger partial charge in [-0.15, -0.1) is 0 Å². The molecule has 3 unspecified atom stereocenters. The number of ketones is 1. The van der Waals surface area contributed by atoms with E-state index in [1.807, 2.05) is 6.07 Å². The molecule has 9 nitrogen and oxygen atoms in total. The van der Waals surface area contributed by atoms with E-state index in [2.05, 4.69) is 15.0 Å². The highest BCUT2D eigenvalue weighted by Crippen LogP contribution is 2.57. The third-order valence-electron chi connectivity index (χ3n) is 8.92. The number of carbonyl (C=O) groups is 2. The van der Waals surface area contributed by atoms with Crippen molar-refractivity contribution in [3.63, 3.8) is 0 Å². The van der Waals surface area contributed by atoms with E-state index in [4.69, 9.17) is 4.74 Å². The molecule has 1 N–H and O–H groups in total. The summed E-state index contributed by atoms with van der Waals surface area (Å²) in [6.07, 6.45) is 4.71. The van der Waals surface area contributed by atoms with Crippen LogP contribution in [0.4, 0.5) is 13.6 Å². The van der Waals surface area contributed by atoms with Crippen molar-refractivity contribution in [2.24, 2.45) is 0 Å². The number of fused-ring (bicyclic) bond motifs is 3. The number of imidazole rings is 1. The summed E-state index contributed by atoms with van der Waals surface area (Å²) in [5.74, 6) is -3.17. The van der Waals surface area contributed by atoms with Gasteiger partial charge in [-0.2, -0.15) is 0 Å². The number of nitrogens with one attached hydrogen (secondary N) is 1. The third-order valence-corrected chi connectivity index (χ3v) is 8.92. The maximum atomic E-state index is 14.7. The first-order valence-electron chi connectivity index (χ1n) is 13.8. The van der Waals surface area contributed by atoms with E-state index in [0.717, 1.165) is 11.6 Å². The molecule has 3 aliphatic rings. The minimum atomic E-state index is -1.01. The second-order valence-corrected chi connectivity index (χ2v) is 11.1. The minimum absolute atomic E-state index is 0.0315. The number of halogens is 2. The van der Waals surface area contributed by atoms with Gasteiger partial charge in [0.1, 0.15) is 6.10 Å². The summed E-state index contributed by atoms with van der Waals surface area (Å²) >= 11 is 0. The fourth-order valence-electron chi connectivity index (χ4n) is 6.69. The van der Waals surface area contributed by atoms with Gasteiger partial charge >= 0.3 is 11.8 Å². The first-order chi connectivity index (χ1) is 19.9. The number of amides is 1. The number of pyridine rings is 2. The normalized spacial score (nSPS) is 24.3. The highest BCUT2D eigenvalue weighted by atomic mass is 19.2. The van der Waals surface area contributed by atoms with Gasteiger partial charge in [0.05, 0.1) is 22.5 Å². The number of carbonyl (C=O) groups excluding carboxylic acids is 2. The van der Waals surface area contributed by atoms with Crippen molar-refractivity contribution in [2.45, 2.75) is 55.6 Å². The smallest absolute Gasteiger partial charge is 0.410 e. The van der Waals surface area contributed by atoms with Crippen molar-refractivity contribution in [3.05, 3.63) is 93.8 Å². The summed E-state index contributed by atoms with van der Waals surface area (Å²) in [5, 5.41) is 0. The molecule has 3 aromatic heterocycles. The molecule has 2 fully saturated rings. The van der Waals surface area contributed by atoms with Crippen molar-refractivity contribution < 1.29 is 23.1 Å². The second kappa shape index (κ2) is 9.60. The van der Waals surface area contributed by atoms with Gasteiger partial charge in [-0.3, -0.25) is 19.3 Å². The van der Waals surface area contributed by atoms with Crippen molar-refractivity contribution in [1.29, 1.82) is 0 Å². The number of nitrogens with zero attached hydrogens (tertiary/aromatic N) is 4. The Kier molecular flexibility index (Phi) is 5.98. The van der Waals surface area contributed by atoms with Crippen LogP contribution < -0.4 is 5.69 Å². The molecule has 1 spiro atoms. The number of Topliss-reactive ketones (excluding diaryl/α,β-unsaturated/α-hetero) is 1. The number of H-pyrrole nitrogens is 1. The molecule has 11 heteroatoms. The van der Waals surface area contributed by atoms with Crippen LogP contribution in [0.25, 0.3) is 11.2 Å². The lowest BCUT2D eigenvalue weighted by Gasteiger charge is -2.32. The van der Waals surface area contributed by atoms with E-state index in [1.165, 1.54) is 12.1 Å². The fourth-order valence-corrected chi connectivity index (χ4v) is 6.69. The van der Waals surface area contributed by atoms with Crippen LogP contribution in [0.3, 0.4) is 0 Å². The average Bonchev–Trinajstić information content (AvgIpc) is 3.60. The Bertz CT molecular complexity index is 1740. The molecule has 1 aliphatic heterocycles. The van der Waals surface area contributed by atoms with Crippen LogP contribution in [0.15, 0.2) is 59.7 Å². The third kappa shape index (κ3) is 4.13. The van der Waals surface area contributed by atoms with Crippen molar-refractivity contribution in [2.75, 3.05) is 13.1 Å². The zero-order chi connectivity index (χ0) is 28.3. The van der Waals surface area contributed by atoms with Gasteiger partial charge in [0, 0.05) is 49.1 Å². The molecular weight excluding hydrogens is 532 g/mol. The summed E-state index contributed by atoms with van der Waals surface area (Å²) < 4.78 is 36.4. The van der Waals surface area contributed by atoms with Gasteiger partial charge in [0.25, 0.3) is 0 Å². The molecule has 3 atom stereocenters. The second-order valence-electron chi connectivity index (χ2n) is 11.1. The Morgan fingerprint density at radius 2 is 1.78 bits per heavy atom. The van der Waals surface area contributed by atoms with Crippen molar-refractivity contribution in [3.8, 4) is 0 Å². The van der Waals surface area contributed by atoms with Gasteiger partial charge in [0.2, 0.25) is 0 Å². The Hall–Kier alpha value is -4.41. The molecule has 2 aliphatic carbocycles. The zero-order valence-corrected chi connectivity index (χ0v) is 22.1. The maximum Gasteiger partial charge on any atom is 0.410 e. The fraction of sp³-hybridized carbons (Fsp3) is 0.367. The van der Waals surface area contributed by atoms with Crippen LogP contribution in [0, 0.1) is 11.6 Å². The number of piperidine rings is 1. The first-order valence-corrected chi connectivity index (χ1v) is 13.8. The maximum absolute atomic E-state index is 14.7. The molecule has 0 bridgehead atoms. The summed E-state index contributed by atoms with van der Waals surface area (Å²) in [7, 11) is 0. The molecule has 4 heterocycles. The van der Waals surface area contributed by atoms with Crippen LogP contribution in [0.5, 0.6) is 0 Å². The Morgan fingerprint density at radius 1 is 1.00 bits per heavy atom. The van der Waals surface area contributed by atoms with Crippen molar-refractivity contribution in [1.82, 2.24) is 24.4 Å². The van der Waals surface area contributed by atoms with E-state index in [1.54, 1.807) is 40.1 Å². The highest BCUT2D eigenvalue weighted by molar-refractivity contribution is 6.02. The van der Waals surface area contributed by atoms with Gasteiger partial charge in [-0.1, -0.05) is 12.1 Å². The van der Waals surface area contributed by atoms with Crippen LogP contribution in [0.2, 0.25) is 0 Å². The van der Waals surface area contributed by atoms with Gasteiger partial charge < -0.3 is 9.64 Å². The molecule has 1 saturated heterocycles. The molecule has 1 amide bonds. The molecule has 4 aromatic rings. The number of aromatic amines is 1. The molecular formula is C30H27F2N5O4. The van der Waals surface area contributed by atoms with Crippen LogP contribution in [-0.4, -0.2) is 55.5 Å². The largest absolute Gasteiger partial charge is 0.445 e. The SMILES string of the molecule is O=C1c2cccnc2C2(CCC1c1cccc(F)c1F)CC2OC(=O)N1CCC(n2c(=O)[nH]c3ncccc32)CC1. The van der Waals surface area contributed by atoms with E-state index >= 15 is 0 Å². The quantitative estimate of drug-likeness (QED) is 0.392. The van der Waals surface area contributed by atoms with Gasteiger partial charge in [-0.25, -0.2) is 23.4 Å². The number of aromatic nitrogens is 4. The topological polar surface area (TPSA) is 110 Å². The van der Waals surface area contributed by atoms with Crippen LogP contribution >= 0.6 is 0 Å². The van der Waals surface area contributed by atoms with Crippen LogP contribution in [0.1, 0.15) is 65.7 Å². The van der Waals surface area contributed by atoms with E-state index in [-0.39, 0.29) is 29.5 Å². The summed E-state index contributed by atoms with van der Waals surface area (Å²) in [4.78, 5) is 52.5. The highest BCUT2D eigenvalue weighted by Gasteiger charge is 2.62. The summed E-state index contributed by atoms with van der Waals surface area (Å²) in [5.41, 5.74) is 1.35. The number of ether oxygens (including phenoxy) is 1. The molecule has 1 aromatic carbocycles. The lowest BCUT2D eigenvalue weighted by Crippen LogP contribution is -2.41. The van der Waals surface area contributed by atoms with E-state index in [0.29, 0.717) is 55.7 Å². The van der Waals surface area contributed by atoms with Crippen LogP contribution in [-0.2, 0) is 10.2 Å². The molecule has 0 radical (unpaired) electrons. The molecule has 41 heavy (non-hydrogen) atoms. The molecule has 210 valence electrons. The lowest BCUT2D eigenvalue weighted by molar-refractivity contribution is 0.0756. The number of rotatable bonds is 3. The van der Waals surface area contributed by atoms with Crippen molar-refractivity contribution >= 4 is 23.0 Å². The van der Waals surface area contributed by atoms with E-state index < -0.39 is 35.2 Å². The molecule has 7 rings (SSSR count). The summed E-state index contributed by atoms with van der Waals surface area (Å²) in [6, 6.07) is 10.8. The first kappa shape index (κ1) is 25.6. The Balaban J connectivity index is 1.07. The Labute approximate surface area is 233 Å². The monoisotopic (exact) mass is 559 g/mol. The predicted molar refractivity (Wildman–Crippen MR) is 144 cm³/mol. The number of hydrogen-bond donors (Lipinski definition) is 1. The summed E-state index contributed by atoms with van der Waals surface area (Å²) in [6.45, 7) is 0.855. The number of hydrogen-bond acceptors (Lipinski definition) is 6. The Morgan fingerprint density at radius 3 is 2.61 bits per heavy atom. The van der Waals surface area contributed by atoms with E-state index in [9.17, 15) is 23.2 Å². The zero-order valence-electron chi connectivity index (χ0n) is 22.1. The standard InChI is InChI=1S/C30H27F2N5O4/c31-21-6-1-4-18(24(21)32)19-8-11-30(26-20(25(19)38)5-2-12-33-26)16-23(30)41-29(40)36-14-9-17(10-15-36)37-22-7-3-13-34-27(22)35-28(37)39/h1-7,12-13,17,19,23H,8-11,14-16H2,(H,34,35,39). The molecule has 1 saturated carbocycles. The predicted octanol–water partition coefficient (Wildman–Crippen LogP) is 4.64. The average molecular weight is 560 g/mol. The minimum Gasteiger partial charge on any atom is -0.445 e.